The Morgan fingerprint density at radius 1 is 1.38 bits per heavy atom. The fraction of sp³-hybridized carbons (Fsp3) is 1.00. The van der Waals surface area contributed by atoms with Crippen LogP contribution in [0.1, 0.15) is 6.42 Å². The zero-order valence-corrected chi connectivity index (χ0v) is 6.75. The highest BCUT2D eigenvalue weighted by Crippen LogP contribution is 2.11. The summed E-state index contributed by atoms with van der Waals surface area (Å²) < 4.78 is 29.0. The van der Waals surface area contributed by atoms with Gasteiger partial charge in [0.1, 0.15) is 0 Å². The van der Waals surface area contributed by atoms with E-state index in [-0.39, 0.29) is 0 Å². The molecule has 0 aromatic heterocycles. The van der Waals surface area contributed by atoms with Crippen LogP contribution in [0.2, 0.25) is 6.04 Å². The maximum Gasteiger partial charge on any atom is 0.382 e. The summed E-state index contributed by atoms with van der Waals surface area (Å²) in [4.78, 5) is 0. The van der Waals surface area contributed by atoms with Crippen LogP contribution < -0.4 is 0 Å². The van der Waals surface area contributed by atoms with Gasteiger partial charge < -0.3 is 8.53 Å². The number of hydrogen-bond donors (Lipinski definition) is 0. The van der Waals surface area contributed by atoms with E-state index >= 15 is 0 Å². The fourth-order valence-corrected chi connectivity index (χ4v) is 4.66. The van der Waals surface area contributed by atoms with Crippen molar-refractivity contribution in [1.29, 1.82) is 0 Å². The molecule has 1 nitrogen and oxygen atoms in total. The molecule has 8 heavy (non-hydrogen) atoms. The third-order valence-corrected chi connectivity index (χ3v) is 6.55. The van der Waals surface area contributed by atoms with E-state index in [9.17, 15) is 8.22 Å². The number of rotatable bonds is 0. The topological polar surface area (TPSA) is 9.23 Å². The first-order valence-corrected chi connectivity index (χ1v) is 7.53. The highest BCUT2D eigenvalue weighted by atomic mass is 29.3. The lowest BCUT2D eigenvalue weighted by atomic mass is 10.5. The summed E-state index contributed by atoms with van der Waals surface area (Å²) in [5.74, 6) is 0. The van der Waals surface area contributed by atoms with Crippen LogP contribution in [0.3, 0.4) is 0 Å². The van der Waals surface area contributed by atoms with Crippen LogP contribution in [-0.4, -0.2) is 24.1 Å². The zero-order chi connectivity index (χ0) is 5.98. The number of halogens is 2. The molecule has 0 aromatic carbocycles. The molecule has 1 aliphatic heterocycles. The third-order valence-electron chi connectivity index (χ3n) is 1.19. The lowest BCUT2D eigenvalue weighted by Gasteiger charge is -2.15. The SMILES string of the molecule is F[SiH]1CCCO[SiH]1F. The normalized spacial score (nSPS) is 39.8. The van der Waals surface area contributed by atoms with Gasteiger partial charge in [0.2, 0.25) is 0 Å². The first-order valence-electron chi connectivity index (χ1n) is 2.70. The van der Waals surface area contributed by atoms with E-state index in [4.69, 9.17) is 0 Å². The van der Waals surface area contributed by atoms with Gasteiger partial charge in [0, 0.05) is 6.61 Å². The summed E-state index contributed by atoms with van der Waals surface area (Å²) >= 11 is 0. The molecule has 5 heteroatoms. The Hall–Kier alpha value is 0.254. The Labute approximate surface area is 50.1 Å². The van der Waals surface area contributed by atoms with Gasteiger partial charge in [-0.15, -0.1) is 0 Å². The third kappa shape index (κ3) is 1.36. The second-order valence-corrected chi connectivity index (χ2v) is 8.27. The van der Waals surface area contributed by atoms with Crippen molar-refractivity contribution >= 4 is 17.5 Å². The van der Waals surface area contributed by atoms with E-state index in [0.29, 0.717) is 12.7 Å². The molecule has 1 saturated heterocycles. The summed E-state index contributed by atoms with van der Waals surface area (Å²) in [5.41, 5.74) is 0. The second-order valence-electron chi connectivity index (χ2n) is 1.88. The number of hydrogen-bond acceptors (Lipinski definition) is 1. The molecule has 0 saturated carbocycles. The fourth-order valence-electron chi connectivity index (χ4n) is 0.710. The van der Waals surface area contributed by atoms with Crippen molar-refractivity contribution in [1.82, 2.24) is 0 Å². The van der Waals surface area contributed by atoms with E-state index in [1.54, 1.807) is 0 Å². The molecule has 48 valence electrons. The Balaban J connectivity index is 2.28. The molecule has 0 bridgehead atoms. The van der Waals surface area contributed by atoms with Gasteiger partial charge in [0.05, 0.1) is 0 Å². The van der Waals surface area contributed by atoms with Crippen molar-refractivity contribution in [3.63, 3.8) is 0 Å². The van der Waals surface area contributed by atoms with Gasteiger partial charge in [-0.2, -0.15) is 0 Å². The molecule has 1 aliphatic rings. The lowest BCUT2D eigenvalue weighted by Crippen LogP contribution is -2.35. The van der Waals surface area contributed by atoms with Crippen LogP contribution in [-0.2, 0) is 4.43 Å². The molecule has 2 unspecified atom stereocenters. The van der Waals surface area contributed by atoms with Gasteiger partial charge in [-0.3, -0.25) is 4.11 Å². The molecule has 2 atom stereocenters. The average Bonchev–Trinajstić information content (AvgIpc) is 1.77. The van der Waals surface area contributed by atoms with Gasteiger partial charge in [-0.1, -0.05) is 0 Å². The van der Waals surface area contributed by atoms with Crippen molar-refractivity contribution in [2.45, 2.75) is 12.5 Å². The average molecular weight is 154 g/mol. The summed E-state index contributed by atoms with van der Waals surface area (Å²) in [6, 6.07) is 0.507. The van der Waals surface area contributed by atoms with Crippen LogP contribution in [0.5, 0.6) is 0 Å². The highest BCUT2D eigenvalue weighted by molar-refractivity contribution is 7.13. The van der Waals surface area contributed by atoms with E-state index in [1.807, 2.05) is 0 Å². The van der Waals surface area contributed by atoms with Crippen LogP contribution in [0.15, 0.2) is 0 Å². The van der Waals surface area contributed by atoms with E-state index < -0.39 is 17.5 Å². The Morgan fingerprint density at radius 3 is 2.50 bits per heavy atom. The van der Waals surface area contributed by atoms with Crippen LogP contribution in [0.4, 0.5) is 8.22 Å². The van der Waals surface area contributed by atoms with Crippen molar-refractivity contribution < 1.29 is 12.6 Å². The zero-order valence-electron chi connectivity index (χ0n) is 4.44. The minimum Gasteiger partial charge on any atom is -0.394 e. The lowest BCUT2D eigenvalue weighted by molar-refractivity contribution is 0.289. The maximum absolute atomic E-state index is 12.3. The van der Waals surface area contributed by atoms with Crippen molar-refractivity contribution in [2.75, 3.05) is 6.61 Å². The predicted molar refractivity (Wildman–Crippen MR) is 31.9 cm³/mol. The smallest absolute Gasteiger partial charge is 0.382 e. The van der Waals surface area contributed by atoms with E-state index in [2.05, 4.69) is 4.43 Å². The van der Waals surface area contributed by atoms with Crippen LogP contribution in [0, 0.1) is 0 Å². The standard InChI is InChI=1S/C3H8F2OSi2/c4-7-3-1-2-6-8(7)5/h7-8H,1-3H2. The van der Waals surface area contributed by atoms with Gasteiger partial charge in [0.15, 0.2) is 0 Å². The Kier molecular flexibility index (Phi) is 2.15. The molecular formula is C3H8F2OSi2. The quantitative estimate of drug-likeness (QED) is 0.362. The minimum absolute atomic E-state index is 0.459. The van der Waals surface area contributed by atoms with Gasteiger partial charge >= 0.3 is 8.89 Å². The molecule has 0 aliphatic carbocycles. The van der Waals surface area contributed by atoms with E-state index in [1.165, 1.54) is 0 Å². The molecule has 1 rings (SSSR count). The minimum atomic E-state index is -2.72. The van der Waals surface area contributed by atoms with Gasteiger partial charge in [-0.25, -0.2) is 0 Å². The Bertz CT molecular complexity index is 71.7. The molecule has 0 N–H and O–H groups in total. The largest absolute Gasteiger partial charge is 0.394 e. The molecule has 1 fully saturated rings. The first-order chi connectivity index (χ1) is 3.80. The molecule has 1 heterocycles. The summed E-state index contributed by atoms with van der Waals surface area (Å²) in [7, 11) is -5.16. The van der Waals surface area contributed by atoms with Crippen molar-refractivity contribution in [2.24, 2.45) is 0 Å². The van der Waals surface area contributed by atoms with Gasteiger partial charge in [-0.05, 0) is 12.5 Å². The molecule has 0 radical (unpaired) electrons. The summed E-state index contributed by atoms with van der Waals surface area (Å²) in [5, 5.41) is 0. The monoisotopic (exact) mass is 154 g/mol. The summed E-state index contributed by atoms with van der Waals surface area (Å²) in [6.07, 6.45) is 0.737. The maximum atomic E-state index is 12.3. The van der Waals surface area contributed by atoms with E-state index in [0.717, 1.165) is 6.42 Å². The molecule has 0 spiro atoms. The Morgan fingerprint density at radius 2 is 2.12 bits per heavy atom. The molecular weight excluding hydrogens is 146 g/mol. The van der Waals surface area contributed by atoms with Crippen molar-refractivity contribution in [3.05, 3.63) is 0 Å². The van der Waals surface area contributed by atoms with Crippen molar-refractivity contribution in [3.8, 4) is 0 Å². The molecule has 0 amide bonds. The second kappa shape index (κ2) is 2.70. The van der Waals surface area contributed by atoms with Gasteiger partial charge in [0.25, 0.3) is 8.65 Å². The summed E-state index contributed by atoms with van der Waals surface area (Å²) in [6.45, 7) is 0.459. The van der Waals surface area contributed by atoms with Crippen LogP contribution in [0.25, 0.3) is 0 Å². The molecule has 0 aromatic rings. The predicted octanol–water partition coefficient (Wildman–Crippen LogP) is 0.368. The highest BCUT2D eigenvalue weighted by Gasteiger charge is 2.30. The first kappa shape index (κ1) is 6.37. The van der Waals surface area contributed by atoms with Crippen LogP contribution >= 0.6 is 0 Å².